The molecule has 8 rings (SSSR count). The highest BCUT2D eigenvalue weighted by Crippen LogP contribution is 2.45. The van der Waals surface area contributed by atoms with Crippen molar-refractivity contribution in [3.05, 3.63) is 12.2 Å². The van der Waals surface area contributed by atoms with Gasteiger partial charge >= 0.3 is 5.97 Å². The van der Waals surface area contributed by atoms with Gasteiger partial charge in [0.2, 0.25) is 0 Å². The first-order valence-corrected chi connectivity index (χ1v) is 26.8. The third-order valence-corrected chi connectivity index (χ3v) is 16.9. The van der Waals surface area contributed by atoms with E-state index in [1.165, 1.54) is 7.11 Å². The van der Waals surface area contributed by atoms with Crippen LogP contribution in [0.25, 0.3) is 0 Å². The summed E-state index contributed by atoms with van der Waals surface area (Å²) in [6.45, 7) is -2.92. The molecule has 29 heteroatoms. The molecule has 18 N–H and O–H groups in total. The van der Waals surface area contributed by atoms with E-state index in [4.69, 9.17) is 52.1 Å². The molecule has 0 radical (unpaired) electrons. The molecule has 0 bridgehead atoms. The van der Waals surface area contributed by atoms with Crippen molar-refractivity contribution >= 4 is 5.97 Å². The highest BCUT2D eigenvalue weighted by molar-refractivity contribution is 5.81. The van der Waals surface area contributed by atoms with E-state index in [9.17, 15) is 91.6 Å². The predicted molar refractivity (Wildman–Crippen MR) is 252 cm³/mol. The quantitative estimate of drug-likeness (QED) is 0.0365. The normalized spacial score (nSPS) is 51.5. The van der Waals surface area contributed by atoms with Crippen LogP contribution in [-0.2, 0) is 52.2 Å². The van der Waals surface area contributed by atoms with Crippen molar-refractivity contribution in [3.63, 3.8) is 0 Å². The Hall–Kier alpha value is -1.87. The summed E-state index contributed by atoms with van der Waals surface area (Å²) < 4.78 is 64.3. The van der Waals surface area contributed by atoms with E-state index in [1.54, 1.807) is 6.08 Å². The smallest absolute Gasteiger partial charge is 0.330 e. The molecule has 5 aliphatic heterocycles. The first kappa shape index (κ1) is 62.2. The monoisotopic (exact) mass is 1130 g/mol. The molecule has 0 aromatic carbocycles. The van der Waals surface area contributed by atoms with E-state index < -0.39 is 222 Å². The maximum Gasteiger partial charge on any atom is 0.330 e. The molecule has 450 valence electrons. The zero-order valence-corrected chi connectivity index (χ0v) is 42.9. The summed E-state index contributed by atoms with van der Waals surface area (Å²) in [5, 5.41) is 180. The molecule has 5 saturated heterocycles. The molecule has 0 spiro atoms. The summed E-state index contributed by atoms with van der Waals surface area (Å²) in [5.41, 5.74) is 0. The zero-order chi connectivity index (χ0) is 56.4. The Labute approximate surface area is 447 Å². The van der Waals surface area contributed by atoms with Gasteiger partial charge in [-0.3, -0.25) is 0 Å². The standard InChI is InChI=1S/C49H80O29/c1-68-26-8-17(2-6-23(26)71-46-41(65)37(61)33(57)28(13-50)74-46)3-7-32(56)69-16-31-36(60)40(64)45(78-48-43(67)39(63)35(59)30(15-52)76-48)49(77-31)73-27-12-20-24(70-44(27)18-4-5-21(54)22(55)9-18)10-19(53)11-25(20)72-47-42(66)38(62)34(58)29(14-51)75-47/h3,7,17-31,33-55,57-67H,2,4-6,8-16H2,1H3/p+1. The first-order valence-electron chi connectivity index (χ1n) is 26.8. The van der Waals surface area contributed by atoms with E-state index in [2.05, 4.69) is 0 Å². The first-order chi connectivity index (χ1) is 37.2. The molecule has 0 amide bonds. The summed E-state index contributed by atoms with van der Waals surface area (Å²) in [6, 6.07) is 0. The Morgan fingerprint density at radius 1 is 0.500 bits per heavy atom. The van der Waals surface area contributed by atoms with Crippen LogP contribution in [0, 0.1) is 17.8 Å². The fourth-order valence-corrected chi connectivity index (χ4v) is 12.3. The maximum atomic E-state index is 13.3. The number of esters is 1. The Morgan fingerprint density at radius 2 is 1.03 bits per heavy atom. The molecular formula is C49H81O29+. The van der Waals surface area contributed by atoms with Crippen LogP contribution in [0.4, 0.5) is 0 Å². The topological polar surface area (TPSA) is 466 Å². The van der Waals surface area contributed by atoms with E-state index >= 15 is 0 Å². The van der Waals surface area contributed by atoms with Crippen molar-refractivity contribution in [3.8, 4) is 0 Å². The van der Waals surface area contributed by atoms with Gasteiger partial charge < -0.3 is 139 Å². The molecule has 78 heavy (non-hydrogen) atoms. The number of carbonyl (C=O) groups excluding carboxylic acids is 1. The second kappa shape index (κ2) is 27.2. The van der Waals surface area contributed by atoms with Crippen molar-refractivity contribution in [1.82, 2.24) is 0 Å². The van der Waals surface area contributed by atoms with Gasteiger partial charge in [-0.2, -0.15) is 0 Å². The second-order valence-electron chi connectivity index (χ2n) is 22.0. The molecule has 8 aliphatic rings. The molecular weight excluding hydrogens is 1050 g/mol. The minimum absolute atomic E-state index is 0.00420. The molecule has 32 atom stereocenters. The number of hydrogen-bond acceptors (Lipinski definition) is 28. The van der Waals surface area contributed by atoms with Crippen LogP contribution >= 0.6 is 0 Å². The van der Waals surface area contributed by atoms with E-state index in [1.807, 2.05) is 0 Å². The lowest BCUT2D eigenvalue weighted by molar-refractivity contribution is -0.390. The van der Waals surface area contributed by atoms with E-state index in [0.29, 0.717) is 25.7 Å². The number of ether oxygens (including phenoxy) is 11. The van der Waals surface area contributed by atoms with Crippen LogP contribution in [-0.4, -0.2) is 309 Å². The number of allylic oxidation sites excluding steroid dienone is 1. The van der Waals surface area contributed by atoms with Crippen LogP contribution in [0.15, 0.2) is 12.2 Å². The largest absolute Gasteiger partial charge is 0.460 e. The summed E-state index contributed by atoms with van der Waals surface area (Å²) in [5.74, 6) is -2.32. The summed E-state index contributed by atoms with van der Waals surface area (Å²) in [6.07, 6.45) is -37.4. The number of rotatable bonds is 17. The highest BCUT2D eigenvalue weighted by Gasteiger charge is 2.58. The maximum absolute atomic E-state index is 13.3. The van der Waals surface area contributed by atoms with Gasteiger partial charge in [0, 0.05) is 31.9 Å². The summed E-state index contributed by atoms with van der Waals surface area (Å²) >= 11 is 0. The van der Waals surface area contributed by atoms with Crippen molar-refractivity contribution in [1.29, 1.82) is 0 Å². The Bertz CT molecular complexity index is 1900. The van der Waals surface area contributed by atoms with Gasteiger partial charge in [-0.25, -0.2) is 4.79 Å². The SMILES string of the molecule is COC1CC(C=CC(=O)OCC2OC(OC3CC4C(OC5OC(CO)C(O)C(O)C5O)CC(O)CC4[OH+]C3C3CCC(O)C(O)C3)C(OC3OC(CO)C(O)C(O)C3O)C(O)C2O)CCC1OC1OC(CO)C(O)C(O)C1O. The fraction of sp³-hybridized carbons (Fsp3) is 0.939. The van der Waals surface area contributed by atoms with Gasteiger partial charge in [0.25, 0.3) is 0 Å². The van der Waals surface area contributed by atoms with Crippen LogP contribution < -0.4 is 0 Å². The molecule has 5 heterocycles. The van der Waals surface area contributed by atoms with Crippen molar-refractivity contribution in [2.45, 2.75) is 236 Å². The minimum atomic E-state index is -2.01. The van der Waals surface area contributed by atoms with Gasteiger partial charge in [-0.05, 0) is 50.9 Å². The minimum Gasteiger partial charge on any atom is -0.460 e. The van der Waals surface area contributed by atoms with E-state index in [-0.39, 0.29) is 38.0 Å². The average molecular weight is 1130 g/mol. The van der Waals surface area contributed by atoms with Crippen molar-refractivity contribution < 1.29 is 144 Å². The van der Waals surface area contributed by atoms with Gasteiger partial charge in [-0.1, -0.05) is 6.08 Å². The molecule has 0 aromatic rings. The highest BCUT2D eigenvalue weighted by atomic mass is 16.8. The fourth-order valence-electron chi connectivity index (χ4n) is 12.3. The molecule has 29 nitrogen and oxygen atoms in total. The Morgan fingerprint density at radius 3 is 1.58 bits per heavy atom. The number of aliphatic hydroxyl groups is 19. The third-order valence-electron chi connectivity index (χ3n) is 16.9. The molecule has 3 aliphatic carbocycles. The predicted octanol–water partition coefficient (Wildman–Crippen LogP) is -8.75. The Balaban J connectivity index is 0.996. The molecule has 3 saturated carbocycles. The average Bonchev–Trinajstić information content (AvgIpc) is 3.54. The second-order valence-corrected chi connectivity index (χ2v) is 22.0. The lowest BCUT2D eigenvalue weighted by Crippen LogP contribution is -2.66. The molecule has 0 aromatic heterocycles. The molecule has 32 unspecified atom stereocenters. The zero-order valence-electron chi connectivity index (χ0n) is 42.9. The van der Waals surface area contributed by atoms with E-state index in [0.717, 1.165) is 6.08 Å². The van der Waals surface area contributed by atoms with Gasteiger partial charge in [0.05, 0.1) is 62.4 Å². The third kappa shape index (κ3) is 13.7. The lowest BCUT2D eigenvalue weighted by Gasteiger charge is -2.50. The summed E-state index contributed by atoms with van der Waals surface area (Å²) in [4.78, 5) is 13.3. The van der Waals surface area contributed by atoms with Crippen LogP contribution in [0.1, 0.15) is 57.8 Å². The number of carbonyl (C=O) groups is 1. The van der Waals surface area contributed by atoms with Crippen molar-refractivity contribution in [2.75, 3.05) is 33.5 Å². The van der Waals surface area contributed by atoms with Crippen LogP contribution in [0.2, 0.25) is 0 Å². The van der Waals surface area contributed by atoms with Crippen molar-refractivity contribution in [2.24, 2.45) is 17.8 Å². The van der Waals surface area contributed by atoms with Gasteiger partial charge in [0.15, 0.2) is 37.4 Å². The van der Waals surface area contributed by atoms with Gasteiger partial charge in [0.1, 0.15) is 110 Å². The number of methoxy groups -OCH3 is 1. The number of fused-ring (bicyclic) bond motifs is 1. The van der Waals surface area contributed by atoms with Gasteiger partial charge in [-0.15, -0.1) is 0 Å². The lowest BCUT2D eigenvalue weighted by atomic mass is 9.72. The number of aliphatic hydroxyl groups excluding tert-OH is 17. The summed E-state index contributed by atoms with van der Waals surface area (Å²) in [7, 11) is 1.43. The Kier molecular flexibility index (Phi) is 21.7. The van der Waals surface area contributed by atoms with Crippen LogP contribution in [0.3, 0.4) is 0 Å². The molecule has 8 fully saturated rings. The number of hydrogen-bond donors (Lipinski definition) is 17. The van der Waals surface area contributed by atoms with Crippen LogP contribution in [0.5, 0.6) is 0 Å².